The Labute approximate surface area is 169 Å². The van der Waals surface area contributed by atoms with Crippen LogP contribution < -0.4 is 5.73 Å². The summed E-state index contributed by atoms with van der Waals surface area (Å²) in [5.74, 6) is 0.574. The maximum Gasteiger partial charge on any atom is 0.226 e. The van der Waals surface area contributed by atoms with Gasteiger partial charge in [-0.05, 0) is 75.9 Å². The number of nitrogens with zero attached hydrogens (tertiary/aromatic N) is 4. The van der Waals surface area contributed by atoms with Crippen molar-refractivity contribution in [1.82, 2.24) is 19.7 Å². The van der Waals surface area contributed by atoms with E-state index in [4.69, 9.17) is 5.73 Å². The first kappa shape index (κ1) is 19.8. The molecule has 0 radical (unpaired) electrons. The van der Waals surface area contributed by atoms with E-state index in [1.807, 2.05) is 12.4 Å². The summed E-state index contributed by atoms with van der Waals surface area (Å²) in [6, 6.07) is 5.14. The number of amides is 1. The smallest absolute Gasteiger partial charge is 0.226 e. The van der Waals surface area contributed by atoms with E-state index in [2.05, 4.69) is 31.8 Å². The van der Waals surface area contributed by atoms with Gasteiger partial charge in [-0.3, -0.25) is 19.6 Å². The largest absolute Gasteiger partial charge is 0.342 e. The Hall–Kier alpha value is -1.50. The monoisotopic (exact) mass is 385 g/mol. The summed E-state index contributed by atoms with van der Waals surface area (Å²) < 4.78 is 0. The van der Waals surface area contributed by atoms with Crippen molar-refractivity contribution < 1.29 is 4.79 Å². The van der Waals surface area contributed by atoms with Crippen molar-refractivity contribution in [3.8, 4) is 0 Å². The summed E-state index contributed by atoms with van der Waals surface area (Å²) in [5.41, 5.74) is 7.35. The first-order valence-electron chi connectivity index (χ1n) is 11.1. The van der Waals surface area contributed by atoms with Gasteiger partial charge in [-0.15, -0.1) is 0 Å². The number of aromatic nitrogens is 1. The Kier molecular flexibility index (Phi) is 6.60. The van der Waals surface area contributed by atoms with E-state index in [1.165, 1.54) is 18.4 Å². The third-order valence-corrected chi connectivity index (χ3v) is 6.88. The normalized spacial score (nSPS) is 26.5. The van der Waals surface area contributed by atoms with Crippen LogP contribution in [0.25, 0.3) is 0 Å². The molecule has 1 amide bonds. The first-order valence-corrected chi connectivity index (χ1v) is 11.1. The molecule has 0 aromatic carbocycles. The van der Waals surface area contributed by atoms with E-state index in [1.54, 1.807) is 0 Å². The Balaban J connectivity index is 1.25. The van der Waals surface area contributed by atoms with Gasteiger partial charge in [0.25, 0.3) is 0 Å². The van der Waals surface area contributed by atoms with Gasteiger partial charge in [0.1, 0.15) is 0 Å². The number of pyridine rings is 1. The van der Waals surface area contributed by atoms with E-state index in [0.717, 1.165) is 71.5 Å². The highest BCUT2D eigenvalue weighted by atomic mass is 16.2. The first-order chi connectivity index (χ1) is 13.7. The topological polar surface area (TPSA) is 65.7 Å². The number of nitrogens with two attached hydrogens (primary N) is 1. The van der Waals surface area contributed by atoms with Gasteiger partial charge in [0, 0.05) is 50.7 Å². The van der Waals surface area contributed by atoms with Crippen LogP contribution >= 0.6 is 0 Å². The predicted molar refractivity (Wildman–Crippen MR) is 111 cm³/mol. The summed E-state index contributed by atoms with van der Waals surface area (Å²) in [4.78, 5) is 24.3. The number of likely N-dealkylation sites (tertiary alicyclic amines) is 3. The molecule has 3 fully saturated rings. The van der Waals surface area contributed by atoms with Gasteiger partial charge < -0.3 is 10.6 Å². The van der Waals surface area contributed by atoms with Crippen LogP contribution in [0.4, 0.5) is 0 Å². The molecule has 6 nitrogen and oxygen atoms in total. The number of hydrogen-bond acceptors (Lipinski definition) is 5. The van der Waals surface area contributed by atoms with E-state index in [0.29, 0.717) is 11.9 Å². The molecule has 154 valence electrons. The third-order valence-electron chi connectivity index (χ3n) is 6.88. The molecule has 0 unspecified atom stereocenters. The van der Waals surface area contributed by atoms with Crippen LogP contribution in [-0.4, -0.2) is 76.9 Å². The molecule has 3 aliphatic heterocycles. The minimum atomic E-state index is 0.193. The molecule has 1 atom stereocenters. The molecule has 0 aliphatic carbocycles. The Bertz CT molecular complexity index is 623. The van der Waals surface area contributed by atoms with Gasteiger partial charge in [-0.25, -0.2) is 0 Å². The zero-order chi connectivity index (χ0) is 19.3. The predicted octanol–water partition coefficient (Wildman–Crippen LogP) is 1.71. The minimum Gasteiger partial charge on any atom is -0.342 e. The van der Waals surface area contributed by atoms with Gasteiger partial charge in [0.15, 0.2) is 0 Å². The summed E-state index contributed by atoms with van der Waals surface area (Å²) in [5, 5.41) is 0. The molecule has 0 spiro atoms. The molecule has 3 aliphatic rings. The van der Waals surface area contributed by atoms with Crippen LogP contribution in [-0.2, 0) is 11.3 Å². The average molecular weight is 386 g/mol. The fourth-order valence-electron chi connectivity index (χ4n) is 5.11. The summed E-state index contributed by atoms with van der Waals surface area (Å²) in [7, 11) is 0. The number of rotatable bonds is 4. The van der Waals surface area contributed by atoms with Gasteiger partial charge in [0.2, 0.25) is 5.91 Å². The van der Waals surface area contributed by atoms with Crippen LogP contribution in [0.5, 0.6) is 0 Å². The quantitative estimate of drug-likeness (QED) is 0.855. The molecule has 0 saturated carbocycles. The van der Waals surface area contributed by atoms with Crippen LogP contribution in [0.1, 0.15) is 44.1 Å². The van der Waals surface area contributed by atoms with Crippen molar-refractivity contribution in [1.29, 1.82) is 0 Å². The molecule has 2 N–H and O–H groups in total. The fraction of sp³-hybridized carbons (Fsp3) is 0.727. The molecule has 3 saturated heterocycles. The molecule has 4 rings (SSSR count). The summed E-state index contributed by atoms with van der Waals surface area (Å²) in [6.07, 6.45) is 10.3. The molecule has 0 bridgehead atoms. The molecule has 6 heteroatoms. The Morgan fingerprint density at radius 1 is 1.00 bits per heavy atom. The van der Waals surface area contributed by atoms with E-state index in [-0.39, 0.29) is 12.0 Å². The van der Waals surface area contributed by atoms with Gasteiger partial charge >= 0.3 is 0 Å². The lowest BCUT2D eigenvalue weighted by Crippen LogP contribution is -2.52. The number of carbonyl (C=O) groups excluding carboxylic acids is 1. The second-order valence-corrected chi connectivity index (χ2v) is 8.86. The van der Waals surface area contributed by atoms with Crippen molar-refractivity contribution in [3.05, 3.63) is 30.1 Å². The van der Waals surface area contributed by atoms with E-state index >= 15 is 0 Å². The zero-order valence-corrected chi connectivity index (χ0v) is 17.0. The summed E-state index contributed by atoms with van der Waals surface area (Å²) in [6.45, 7) is 7.12. The van der Waals surface area contributed by atoms with Gasteiger partial charge in [0.05, 0.1) is 5.92 Å². The third kappa shape index (κ3) is 4.91. The zero-order valence-electron chi connectivity index (χ0n) is 17.0. The van der Waals surface area contributed by atoms with Crippen molar-refractivity contribution in [2.24, 2.45) is 11.7 Å². The lowest BCUT2D eigenvalue weighted by atomic mass is 9.92. The number of piperidine rings is 3. The molecule has 4 heterocycles. The van der Waals surface area contributed by atoms with Gasteiger partial charge in [-0.1, -0.05) is 0 Å². The standard InChI is InChI=1S/C22H35N5O/c23-20-5-14-26(15-6-20)22(28)19-2-1-11-27(17-19)21-7-12-25(13-8-21)16-18-3-9-24-10-4-18/h3-4,9-10,19-21H,1-2,5-8,11-17,23H2/t19-/m1/s1. The summed E-state index contributed by atoms with van der Waals surface area (Å²) >= 11 is 0. The van der Waals surface area contributed by atoms with Crippen molar-refractivity contribution in [3.63, 3.8) is 0 Å². The lowest BCUT2D eigenvalue weighted by molar-refractivity contribution is -0.138. The van der Waals surface area contributed by atoms with E-state index in [9.17, 15) is 4.79 Å². The highest BCUT2D eigenvalue weighted by molar-refractivity contribution is 5.79. The second kappa shape index (κ2) is 9.33. The second-order valence-electron chi connectivity index (χ2n) is 8.86. The van der Waals surface area contributed by atoms with Gasteiger partial charge in [-0.2, -0.15) is 0 Å². The van der Waals surface area contributed by atoms with Crippen LogP contribution in [0.2, 0.25) is 0 Å². The SMILES string of the molecule is NC1CCN(C(=O)[C@@H]2CCCN(C3CCN(Cc4ccncc4)CC3)C2)CC1. The van der Waals surface area contributed by atoms with Crippen molar-refractivity contribution >= 4 is 5.91 Å². The Morgan fingerprint density at radius 3 is 2.43 bits per heavy atom. The molecule has 28 heavy (non-hydrogen) atoms. The highest BCUT2D eigenvalue weighted by Gasteiger charge is 2.34. The average Bonchev–Trinajstić information content (AvgIpc) is 2.75. The van der Waals surface area contributed by atoms with Crippen LogP contribution in [0.3, 0.4) is 0 Å². The van der Waals surface area contributed by atoms with Crippen LogP contribution in [0, 0.1) is 5.92 Å². The van der Waals surface area contributed by atoms with Crippen LogP contribution in [0.15, 0.2) is 24.5 Å². The number of carbonyl (C=O) groups is 1. The maximum absolute atomic E-state index is 13.0. The Morgan fingerprint density at radius 2 is 1.71 bits per heavy atom. The number of hydrogen-bond donors (Lipinski definition) is 1. The lowest BCUT2D eigenvalue weighted by Gasteiger charge is -2.43. The molecular weight excluding hydrogens is 350 g/mol. The highest BCUT2D eigenvalue weighted by Crippen LogP contribution is 2.26. The van der Waals surface area contributed by atoms with E-state index < -0.39 is 0 Å². The maximum atomic E-state index is 13.0. The van der Waals surface area contributed by atoms with Crippen molar-refractivity contribution in [2.75, 3.05) is 39.3 Å². The molecule has 1 aromatic rings. The molecule has 1 aromatic heterocycles. The minimum absolute atomic E-state index is 0.193. The molecular formula is C22H35N5O. The van der Waals surface area contributed by atoms with Crippen molar-refractivity contribution in [2.45, 2.75) is 57.2 Å². The fourth-order valence-corrected chi connectivity index (χ4v) is 5.11.